The van der Waals surface area contributed by atoms with Gasteiger partial charge in [-0.05, 0) is 45.7 Å². The van der Waals surface area contributed by atoms with Crippen molar-refractivity contribution in [3.05, 3.63) is 0 Å². The van der Waals surface area contributed by atoms with Crippen LogP contribution in [0.3, 0.4) is 0 Å². The van der Waals surface area contributed by atoms with E-state index in [9.17, 15) is 4.79 Å². The second kappa shape index (κ2) is 6.02. The third-order valence-electron chi connectivity index (χ3n) is 4.51. The van der Waals surface area contributed by atoms with Crippen molar-refractivity contribution >= 4 is 5.91 Å². The normalized spacial score (nSPS) is 22.4. The van der Waals surface area contributed by atoms with Gasteiger partial charge in [-0.1, -0.05) is 12.8 Å². The third-order valence-corrected chi connectivity index (χ3v) is 4.51. The fourth-order valence-electron chi connectivity index (χ4n) is 2.87. The Morgan fingerprint density at radius 3 is 2.50 bits per heavy atom. The Labute approximate surface area is 110 Å². The van der Waals surface area contributed by atoms with Crippen LogP contribution in [-0.2, 0) is 4.79 Å². The van der Waals surface area contributed by atoms with Crippen LogP contribution >= 0.6 is 0 Å². The lowest BCUT2D eigenvalue weighted by molar-refractivity contribution is -0.120. The monoisotopic (exact) mass is 253 g/mol. The predicted molar refractivity (Wildman–Crippen MR) is 73.5 cm³/mol. The molecule has 2 saturated carbocycles. The fraction of sp³-hybridized carbons (Fsp3) is 0.929. The summed E-state index contributed by atoms with van der Waals surface area (Å²) in [7, 11) is 4.31. The van der Waals surface area contributed by atoms with Crippen LogP contribution in [-0.4, -0.2) is 50.1 Å². The van der Waals surface area contributed by atoms with E-state index in [1.165, 1.54) is 38.5 Å². The van der Waals surface area contributed by atoms with Crippen LogP contribution < -0.4 is 10.6 Å². The van der Waals surface area contributed by atoms with Crippen LogP contribution in [0.5, 0.6) is 0 Å². The predicted octanol–water partition coefficient (Wildman–Crippen LogP) is 0.977. The van der Waals surface area contributed by atoms with Crippen LogP contribution in [0.1, 0.15) is 38.5 Å². The first kappa shape index (κ1) is 13.8. The molecule has 0 atom stereocenters. The third kappa shape index (κ3) is 3.69. The van der Waals surface area contributed by atoms with E-state index in [0.717, 1.165) is 19.0 Å². The zero-order valence-corrected chi connectivity index (χ0v) is 11.8. The SMILES string of the molecule is CN(C)C1(CNCC(=O)NCC2CC2)CCCC1. The van der Waals surface area contributed by atoms with Crippen molar-refractivity contribution < 1.29 is 4.79 Å². The molecule has 2 aliphatic rings. The first-order valence-corrected chi connectivity index (χ1v) is 7.27. The van der Waals surface area contributed by atoms with Gasteiger partial charge in [0.2, 0.25) is 5.91 Å². The summed E-state index contributed by atoms with van der Waals surface area (Å²) in [6.07, 6.45) is 7.70. The molecule has 4 heteroatoms. The van der Waals surface area contributed by atoms with Gasteiger partial charge in [0.05, 0.1) is 6.54 Å². The first-order valence-electron chi connectivity index (χ1n) is 7.27. The molecule has 0 spiro atoms. The molecule has 1 amide bonds. The number of likely N-dealkylation sites (N-methyl/N-ethyl adjacent to an activating group) is 1. The summed E-state index contributed by atoms with van der Waals surface area (Å²) in [5.41, 5.74) is 0.275. The number of carbonyl (C=O) groups is 1. The molecule has 0 aromatic carbocycles. The Hall–Kier alpha value is -0.610. The smallest absolute Gasteiger partial charge is 0.233 e. The minimum Gasteiger partial charge on any atom is -0.355 e. The molecule has 0 radical (unpaired) electrons. The zero-order valence-electron chi connectivity index (χ0n) is 11.8. The average Bonchev–Trinajstić information content (AvgIpc) is 3.04. The molecule has 0 unspecified atom stereocenters. The Morgan fingerprint density at radius 1 is 1.28 bits per heavy atom. The molecule has 2 fully saturated rings. The van der Waals surface area contributed by atoms with Crippen molar-refractivity contribution in [2.45, 2.75) is 44.1 Å². The minimum atomic E-state index is 0.147. The van der Waals surface area contributed by atoms with Crippen molar-refractivity contribution in [1.29, 1.82) is 0 Å². The van der Waals surface area contributed by atoms with E-state index < -0.39 is 0 Å². The van der Waals surface area contributed by atoms with Crippen molar-refractivity contribution in [2.24, 2.45) is 5.92 Å². The molecule has 2 aliphatic carbocycles. The van der Waals surface area contributed by atoms with Crippen LogP contribution in [0.15, 0.2) is 0 Å². The second-order valence-corrected chi connectivity index (χ2v) is 6.18. The molecule has 104 valence electrons. The summed E-state index contributed by atoms with van der Waals surface area (Å²) in [4.78, 5) is 14.0. The topological polar surface area (TPSA) is 44.4 Å². The van der Waals surface area contributed by atoms with E-state index in [0.29, 0.717) is 6.54 Å². The van der Waals surface area contributed by atoms with Gasteiger partial charge in [-0.15, -0.1) is 0 Å². The lowest BCUT2D eigenvalue weighted by Crippen LogP contribution is -2.51. The van der Waals surface area contributed by atoms with E-state index >= 15 is 0 Å². The molecule has 0 aliphatic heterocycles. The quantitative estimate of drug-likeness (QED) is 0.711. The summed E-state index contributed by atoms with van der Waals surface area (Å²) < 4.78 is 0. The maximum absolute atomic E-state index is 11.6. The number of hydrogen-bond acceptors (Lipinski definition) is 3. The van der Waals surface area contributed by atoms with Gasteiger partial charge in [-0.25, -0.2) is 0 Å². The molecule has 18 heavy (non-hydrogen) atoms. The van der Waals surface area contributed by atoms with Gasteiger partial charge in [-0.2, -0.15) is 0 Å². The second-order valence-electron chi connectivity index (χ2n) is 6.18. The zero-order chi connectivity index (χ0) is 13.0. The van der Waals surface area contributed by atoms with Crippen LogP contribution in [0.2, 0.25) is 0 Å². The largest absolute Gasteiger partial charge is 0.355 e. The van der Waals surface area contributed by atoms with Gasteiger partial charge in [0.1, 0.15) is 0 Å². The molecule has 0 aromatic heterocycles. The number of nitrogens with one attached hydrogen (secondary N) is 2. The van der Waals surface area contributed by atoms with Crippen molar-refractivity contribution in [3.8, 4) is 0 Å². The molecule has 0 heterocycles. The lowest BCUT2D eigenvalue weighted by Gasteiger charge is -2.36. The van der Waals surface area contributed by atoms with E-state index in [-0.39, 0.29) is 11.4 Å². The summed E-state index contributed by atoms with van der Waals surface area (Å²) in [5.74, 6) is 0.908. The molecule has 4 nitrogen and oxygen atoms in total. The van der Waals surface area contributed by atoms with Gasteiger partial charge < -0.3 is 15.5 Å². The maximum Gasteiger partial charge on any atom is 0.233 e. The Morgan fingerprint density at radius 2 is 1.94 bits per heavy atom. The van der Waals surface area contributed by atoms with E-state index in [1.54, 1.807) is 0 Å². The van der Waals surface area contributed by atoms with Crippen molar-refractivity contribution in [1.82, 2.24) is 15.5 Å². The highest BCUT2D eigenvalue weighted by Crippen LogP contribution is 2.33. The molecule has 0 aromatic rings. The lowest BCUT2D eigenvalue weighted by atomic mass is 9.96. The molecular weight excluding hydrogens is 226 g/mol. The Balaban J connectivity index is 1.64. The highest BCUT2D eigenvalue weighted by Gasteiger charge is 2.35. The Bertz CT molecular complexity index is 281. The summed E-state index contributed by atoms with van der Waals surface area (Å²) >= 11 is 0. The average molecular weight is 253 g/mol. The minimum absolute atomic E-state index is 0.147. The van der Waals surface area contributed by atoms with Crippen LogP contribution in [0, 0.1) is 5.92 Å². The highest BCUT2D eigenvalue weighted by atomic mass is 16.1. The maximum atomic E-state index is 11.6. The Kier molecular flexibility index (Phi) is 4.62. The standard InChI is InChI=1S/C14H27N3O/c1-17(2)14(7-3-4-8-14)11-15-10-13(18)16-9-12-5-6-12/h12,15H,3-11H2,1-2H3,(H,16,18). The van der Waals surface area contributed by atoms with Crippen LogP contribution in [0.25, 0.3) is 0 Å². The summed E-state index contributed by atoms with van der Waals surface area (Å²) in [5, 5.41) is 6.34. The molecule has 0 bridgehead atoms. The number of nitrogens with zero attached hydrogens (tertiary/aromatic N) is 1. The van der Waals surface area contributed by atoms with Gasteiger partial charge in [0.25, 0.3) is 0 Å². The van der Waals surface area contributed by atoms with E-state index in [1.807, 2.05) is 0 Å². The van der Waals surface area contributed by atoms with E-state index in [2.05, 4.69) is 29.6 Å². The van der Waals surface area contributed by atoms with Gasteiger partial charge in [-0.3, -0.25) is 4.79 Å². The molecule has 2 N–H and O–H groups in total. The van der Waals surface area contributed by atoms with Gasteiger partial charge in [0.15, 0.2) is 0 Å². The molecule has 2 rings (SSSR count). The molecule has 0 saturated heterocycles. The molecular formula is C14H27N3O. The van der Waals surface area contributed by atoms with Crippen molar-refractivity contribution in [2.75, 3.05) is 33.7 Å². The number of rotatable bonds is 7. The number of amides is 1. The first-order chi connectivity index (χ1) is 8.62. The van der Waals surface area contributed by atoms with Gasteiger partial charge >= 0.3 is 0 Å². The highest BCUT2D eigenvalue weighted by molar-refractivity contribution is 5.78. The van der Waals surface area contributed by atoms with Crippen molar-refractivity contribution in [3.63, 3.8) is 0 Å². The van der Waals surface area contributed by atoms with Crippen LogP contribution in [0.4, 0.5) is 0 Å². The van der Waals surface area contributed by atoms with E-state index in [4.69, 9.17) is 0 Å². The fourth-order valence-corrected chi connectivity index (χ4v) is 2.87. The summed E-state index contributed by atoms with van der Waals surface area (Å²) in [6, 6.07) is 0. The van der Waals surface area contributed by atoms with Gasteiger partial charge in [0, 0.05) is 18.6 Å². The number of carbonyl (C=O) groups excluding carboxylic acids is 1. The number of hydrogen-bond donors (Lipinski definition) is 2. The summed E-state index contributed by atoms with van der Waals surface area (Å²) in [6.45, 7) is 2.26.